The summed E-state index contributed by atoms with van der Waals surface area (Å²) in [5.41, 5.74) is 5.91. The van der Waals surface area contributed by atoms with Crippen LogP contribution in [0.1, 0.15) is 56.3 Å². The summed E-state index contributed by atoms with van der Waals surface area (Å²) in [5.74, 6) is 0.0464. The summed E-state index contributed by atoms with van der Waals surface area (Å²) in [6.07, 6.45) is 0.875. The van der Waals surface area contributed by atoms with E-state index in [1.54, 1.807) is 0 Å². The lowest BCUT2D eigenvalue weighted by atomic mass is 10.0. The fraction of sp³-hybridized carbons (Fsp3) is 0.391. The van der Waals surface area contributed by atoms with E-state index >= 15 is 0 Å². The largest absolute Gasteiger partial charge is 0.352 e. The molecule has 0 saturated heterocycles. The van der Waals surface area contributed by atoms with Crippen molar-refractivity contribution in [2.45, 2.75) is 41.0 Å². The van der Waals surface area contributed by atoms with Crippen molar-refractivity contribution < 1.29 is 9.59 Å². The molecule has 0 fully saturated rings. The minimum atomic E-state index is -0.0722. The van der Waals surface area contributed by atoms with Crippen LogP contribution in [-0.4, -0.2) is 24.9 Å². The lowest BCUT2D eigenvalue weighted by Crippen LogP contribution is -2.36. The Morgan fingerprint density at radius 3 is 1.48 bits per heavy atom. The average molecular weight is 367 g/mol. The molecule has 4 heteroatoms. The first-order chi connectivity index (χ1) is 12.8. The third kappa shape index (κ3) is 5.68. The van der Waals surface area contributed by atoms with Gasteiger partial charge in [-0.2, -0.15) is 0 Å². The molecule has 0 spiro atoms. The molecule has 2 aromatic rings. The summed E-state index contributed by atoms with van der Waals surface area (Å²) >= 11 is 0. The van der Waals surface area contributed by atoms with E-state index in [1.807, 2.05) is 64.1 Å². The highest BCUT2D eigenvalue weighted by atomic mass is 16.2. The molecule has 2 N–H and O–H groups in total. The topological polar surface area (TPSA) is 58.2 Å². The Hall–Kier alpha value is -2.62. The normalized spacial score (nSPS) is 10.7. The van der Waals surface area contributed by atoms with Gasteiger partial charge in [-0.25, -0.2) is 0 Å². The molecule has 0 radical (unpaired) electrons. The number of amides is 2. The second kappa shape index (κ2) is 9.36. The number of nitrogens with one attached hydrogen (secondary N) is 2. The first kappa shape index (κ1) is 20.7. The van der Waals surface area contributed by atoms with Crippen molar-refractivity contribution in [3.05, 3.63) is 69.8 Å². The van der Waals surface area contributed by atoms with Crippen LogP contribution in [0.4, 0.5) is 0 Å². The van der Waals surface area contributed by atoms with Crippen LogP contribution in [0.2, 0.25) is 0 Å². The maximum absolute atomic E-state index is 12.4. The van der Waals surface area contributed by atoms with Crippen LogP contribution in [0.3, 0.4) is 0 Å². The molecule has 0 aliphatic heterocycles. The minimum Gasteiger partial charge on any atom is -0.352 e. The van der Waals surface area contributed by atoms with Crippen molar-refractivity contribution in [2.24, 2.45) is 5.92 Å². The van der Waals surface area contributed by atoms with Gasteiger partial charge in [-0.05, 0) is 86.6 Å². The van der Waals surface area contributed by atoms with E-state index in [1.165, 1.54) is 11.1 Å². The van der Waals surface area contributed by atoms with E-state index in [0.29, 0.717) is 24.2 Å². The van der Waals surface area contributed by atoms with Gasteiger partial charge < -0.3 is 10.6 Å². The van der Waals surface area contributed by atoms with Crippen LogP contribution in [0.15, 0.2) is 36.4 Å². The van der Waals surface area contributed by atoms with Gasteiger partial charge in [0.25, 0.3) is 11.8 Å². The summed E-state index contributed by atoms with van der Waals surface area (Å²) in [4.78, 5) is 24.7. The molecule has 0 aromatic heterocycles. The molecule has 144 valence electrons. The van der Waals surface area contributed by atoms with E-state index in [4.69, 9.17) is 0 Å². The molecule has 2 amide bonds. The lowest BCUT2D eigenvalue weighted by molar-refractivity contribution is 0.0939. The highest BCUT2D eigenvalue weighted by Crippen LogP contribution is 2.11. The van der Waals surface area contributed by atoms with Crippen molar-refractivity contribution in [3.63, 3.8) is 0 Å². The Morgan fingerprint density at radius 2 is 1.15 bits per heavy atom. The number of hydrogen-bond donors (Lipinski definition) is 2. The van der Waals surface area contributed by atoms with Crippen molar-refractivity contribution in [1.82, 2.24) is 10.6 Å². The molecule has 27 heavy (non-hydrogen) atoms. The quantitative estimate of drug-likeness (QED) is 0.775. The van der Waals surface area contributed by atoms with Crippen LogP contribution in [0.25, 0.3) is 0 Å². The monoisotopic (exact) mass is 366 g/mol. The van der Waals surface area contributed by atoms with Gasteiger partial charge >= 0.3 is 0 Å². The molecule has 0 unspecified atom stereocenters. The van der Waals surface area contributed by atoms with Crippen LogP contribution in [0, 0.1) is 33.6 Å². The molecule has 2 rings (SSSR count). The molecular formula is C23H30N2O2. The zero-order valence-electron chi connectivity index (χ0n) is 17.0. The molecule has 0 atom stereocenters. The maximum atomic E-state index is 12.4. The van der Waals surface area contributed by atoms with Gasteiger partial charge in [-0.3, -0.25) is 9.59 Å². The van der Waals surface area contributed by atoms with Gasteiger partial charge in [0.05, 0.1) is 0 Å². The fourth-order valence-corrected chi connectivity index (χ4v) is 2.80. The predicted molar refractivity (Wildman–Crippen MR) is 110 cm³/mol. The zero-order valence-corrected chi connectivity index (χ0v) is 17.0. The van der Waals surface area contributed by atoms with Crippen molar-refractivity contribution >= 4 is 11.8 Å². The fourth-order valence-electron chi connectivity index (χ4n) is 2.80. The second-order valence-electron chi connectivity index (χ2n) is 7.29. The Morgan fingerprint density at radius 1 is 0.741 bits per heavy atom. The van der Waals surface area contributed by atoms with Gasteiger partial charge in [0.2, 0.25) is 0 Å². The number of aryl methyl sites for hydroxylation is 4. The number of carbonyl (C=O) groups is 2. The molecule has 0 aliphatic carbocycles. The van der Waals surface area contributed by atoms with Crippen LogP contribution < -0.4 is 10.6 Å². The summed E-state index contributed by atoms with van der Waals surface area (Å²) < 4.78 is 0. The molecule has 0 aliphatic rings. The molecule has 0 saturated carbocycles. The maximum Gasteiger partial charge on any atom is 0.251 e. The van der Waals surface area contributed by atoms with Crippen LogP contribution in [0.5, 0.6) is 0 Å². The Kier molecular flexibility index (Phi) is 7.17. The average Bonchev–Trinajstić information content (AvgIpc) is 2.65. The van der Waals surface area contributed by atoms with Crippen molar-refractivity contribution in [3.8, 4) is 0 Å². The first-order valence-electron chi connectivity index (χ1n) is 9.52. The SMILES string of the molecule is CCC(CNC(=O)c1ccc(C)c(C)c1)CNC(=O)c1ccc(C)c(C)c1. The van der Waals surface area contributed by atoms with Gasteiger partial charge in [-0.1, -0.05) is 19.1 Å². The van der Waals surface area contributed by atoms with E-state index < -0.39 is 0 Å². The predicted octanol–water partition coefficient (Wildman–Crippen LogP) is 4.11. The van der Waals surface area contributed by atoms with Crippen molar-refractivity contribution in [1.29, 1.82) is 0 Å². The number of benzene rings is 2. The van der Waals surface area contributed by atoms with Gasteiger partial charge in [-0.15, -0.1) is 0 Å². The molecule has 4 nitrogen and oxygen atoms in total. The summed E-state index contributed by atoms with van der Waals surface area (Å²) in [6.45, 7) is 11.2. The second-order valence-corrected chi connectivity index (χ2v) is 7.29. The standard InChI is InChI=1S/C23H30N2O2/c1-6-19(13-24-22(26)20-9-7-15(2)17(4)11-20)14-25-23(27)21-10-8-16(3)18(5)12-21/h7-12,19H,6,13-14H2,1-5H3,(H,24,26)(H,25,27). The Bertz CT molecular complexity index is 760. The summed E-state index contributed by atoms with van der Waals surface area (Å²) in [5, 5.41) is 5.97. The summed E-state index contributed by atoms with van der Waals surface area (Å²) in [6, 6.07) is 11.4. The van der Waals surface area contributed by atoms with Crippen molar-refractivity contribution in [2.75, 3.05) is 13.1 Å². The van der Waals surface area contributed by atoms with E-state index in [9.17, 15) is 9.59 Å². The van der Waals surface area contributed by atoms with Gasteiger partial charge in [0.1, 0.15) is 0 Å². The van der Waals surface area contributed by atoms with Crippen LogP contribution >= 0.6 is 0 Å². The van der Waals surface area contributed by atoms with Gasteiger partial charge in [0.15, 0.2) is 0 Å². The smallest absolute Gasteiger partial charge is 0.251 e. The first-order valence-corrected chi connectivity index (χ1v) is 9.52. The third-order valence-electron chi connectivity index (χ3n) is 5.22. The highest BCUT2D eigenvalue weighted by molar-refractivity contribution is 5.95. The molecule has 0 heterocycles. The Labute approximate surface area is 162 Å². The molecular weight excluding hydrogens is 336 g/mol. The van der Waals surface area contributed by atoms with Crippen LogP contribution in [-0.2, 0) is 0 Å². The third-order valence-corrected chi connectivity index (χ3v) is 5.22. The number of rotatable bonds is 7. The Balaban J connectivity index is 1.87. The lowest BCUT2D eigenvalue weighted by Gasteiger charge is -2.17. The van der Waals surface area contributed by atoms with E-state index in [-0.39, 0.29) is 17.7 Å². The molecule has 0 bridgehead atoms. The zero-order chi connectivity index (χ0) is 20.0. The number of hydrogen-bond acceptors (Lipinski definition) is 2. The number of carbonyl (C=O) groups excluding carboxylic acids is 2. The highest BCUT2D eigenvalue weighted by Gasteiger charge is 2.13. The molecule has 2 aromatic carbocycles. The minimum absolute atomic E-state index is 0.0722. The van der Waals surface area contributed by atoms with E-state index in [2.05, 4.69) is 17.6 Å². The summed E-state index contributed by atoms with van der Waals surface area (Å²) in [7, 11) is 0. The van der Waals surface area contributed by atoms with E-state index in [0.717, 1.165) is 17.5 Å². The van der Waals surface area contributed by atoms with Gasteiger partial charge in [0, 0.05) is 24.2 Å².